The first-order chi connectivity index (χ1) is 9.49. The summed E-state index contributed by atoms with van der Waals surface area (Å²) in [4.78, 5) is 13.3. The molecule has 110 valence electrons. The van der Waals surface area contributed by atoms with E-state index in [9.17, 15) is 9.90 Å². The molecule has 0 spiro atoms. The standard InChI is InChI=1S/C17H25NO2/c1-12-8-9-15(10-13(12)2)14(3)18(11-17(19)20)16-6-4-5-7-16/h8-10,14,16H,4-7,11H2,1-3H3,(H,19,20). The lowest BCUT2D eigenvalue weighted by Crippen LogP contribution is -2.39. The third-order valence-electron chi connectivity index (χ3n) is 4.62. The molecule has 1 aromatic carbocycles. The molecule has 1 aromatic rings. The minimum absolute atomic E-state index is 0.138. The van der Waals surface area contributed by atoms with E-state index in [1.807, 2.05) is 0 Å². The van der Waals surface area contributed by atoms with Gasteiger partial charge in [-0.15, -0.1) is 0 Å². The summed E-state index contributed by atoms with van der Waals surface area (Å²) in [6.45, 7) is 6.49. The van der Waals surface area contributed by atoms with Crippen LogP contribution >= 0.6 is 0 Å². The average molecular weight is 275 g/mol. The number of carboxylic acid groups (broad SMARTS) is 1. The van der Waals surface area contributed by atoms with Crippen LogP contribution in [0.4, 0.5) is 0 Å². The van der Waals surface area contributed by atoms with Crippen LogP contribution in [0.1, 0.15) is 55.3 Å². The van der Waals surface area contributed by atoms with Crippen LogP contribution in [0.25, 0.3) is 0 Å². The van der Waals surface area contributed by atoms with Gasteiger partial charge in [0.1, 0.15) is 0 Å². The van der Waals surface area contributed by atoms with E-state index < -0.39 is 5.97 Å². The van der Waals surface area contributed by atoms with Crippen molar-refractivity contribution in [2.45, 2.75) is 58.5 Å². The molecule has 1 saturated carbocycles. The molecule has 1 fully saturated rings. The number of carboxylic acids is 1. The van der Waals surface area contributed by atoms with Crippen molar-refractivity contribution < 1.29 is 9.90 Å². The topological polar surface area (TPSA) is 40.5 Å². The van der Waals surface area contributed by atoms with Gasteiger partial charge in [0.15, 0.2) is 0 Å². The van der Waals surface area contributed by atoms with Gasteiger partial charge in [-0.1, -0.05) is 31.0 Å². The summed E-state index contributed by atoms with van der Waals surface area (Å²) >= 11 is 0. The molecule has 20 heavy (non-hydrogen) atoms. The van der Waals surface area contributed by atoms with Crippen molar-refractivity contribution >= 4 is 5.97 Å². The molecule has 0 bridgehead atoms. The van der Waals surface area contributed by atoms with Crippen LogP contribution in [-0.4, -0.2) is 28.6 Å². The van der Waals surface area contributed by atoms with Crippen LogP contribution in [0.5, 0.6) is 0 Å². The number of hydrogen-bond donors (Lipinski definition) is 1. The van der Waals surface area contributed by atoms with Crippen molar-refractivity contribution in [3.05, 3.63) is 34.9 Å². The fourth-order valence-corrected chi connectivity index (χ4v) is 3.19. The Kier molecular flexibility index (Phi) is 4.81. The first-order valence-electron chi connectivity index (χ1n) is 7.53. The zero-order valence-corrected chi connectivity index (χ0v) is 12.7. The molecule has 1 atom stereocenters. The highest BCUT2D eigenvalue weighted by Crippen LogP contribution is 2.31. The summed E-state index contributed by atoms with van der Waals surface area (Å²) < 4.78 is 0. The molecule has 1 N–H and O–H groups in total. The number of benzene rings is 1. The van der Waals surface area contributed by atoms with Crippen LogP contribution in [0.3, 0.4) is 0 Å². The SMILES string of the molecule is Cc1ccc(C(C)N(CC(=O)O)C2CCCC2)cc1C. The predicted octanol–water partition coefficient (Wildman–Crippen LogP) is 3.69. The van der Waals surface area contributed by atoms with Crippen molar-refractivity contribution in [3.63, 3.8) is 0 Å². The molecule has 1 aliphatic carbocycles. The Morgan fingerprint density at radius 3 is 2.50 bits per heavy atom. The third kappa shape index (κ3) is 3.40. The summed E-state index contributed by atoms with van der Waals surface area (Å²) in [5.74, 6) is -0.729. The van der Waals surface area contributed by atoms with Crippen molar-refractivity contribution in [3.8, 4) is 0 Å². The Labute approximate surface area is 121 Å². The van der Waals surface area contributed by atoms with Crippen molar-refractivity contribution in [1.29, 1.82) is 0 Å². The van der Waals surface area contributed by atoms with E-state index in [0.717, 1.165) is 12.8 Å². The normalized spacial score (nSPS) is 17.6. The zero-order chi connectivity index (χ0) is 14.7. The number of nitrogens with zero attached hydrogens (tertiary/aromatic N) is 1. The van der Waals surface area contributed by atoms with Gasteiger partial charge in [-0.2, -0.15) is 0 Å². The number of aryl methyl sites for hydroxylation is 2. The van der Waals surface area contributed by atoms with Crippen LogP contribution in [-0.2, 0) is 4.79 Å². The fourth-order valence-electron chi connectivity index (χ4n) is 3.19. The lowest BCUT2D eigenvalue weighted by Gasteiger charge is -2.33. The largest absolute Gasteiger partial charge is 0.480 e. The van der Waals surface area contributed by atoms with E-state index in [2.05, 4.69) is 43.9 Å². The summed E-state index contributed by atoms with van der Waals surface area (Å²) in [6, 6.07) is 7.05. The predicted molar refractivity (Wildman–Crippen MR) is 80.9 cm³/mol. The quantitative estimate of drug-likeness (QED) is 0.891. The number of carbonyl (C=O) groups is 1. The average Bonchev–Trinajstić information content (AvgIpc) is 2.92. The van der Waals surface area contributed by atoms with Crippen molar-refractivity contribution in [1.82, 2.24) is 4.90 Å². The van der Waals surface area contributed by atoms with Crippen molar-refractivity contribution in [2.24, 2.45) is 0 Å². The molecular weight excluding hydrogens is 250 g/mol. The second kappa shape index (κ2) is 6.40. The number of aliphatic carboxylic acids is 1. The lowest BCUT2D eigenvalue weighted by molar-refractivity contribution is -0.139. The molecule has 0 aromatic heterocycles. The third-order valence-corrected chi connectivity index (χ3v) is 4.62. The molecule has 1 unspecified atom stereocenters. The Morgan fingerprint density at radius 1 is 1.30 bits per heavy atom. The van der Waals surface area contributed by atoms with Gasteiger partial charge in [-0.3, -0.25) is 9.69 Å². The summed E-state index contributed by atoms with van der Waals surface area (Å²) in [6.07, 6.45) is 4.70. The minimum atomic E-state index is -0.729. The molecule has 1 aliphatic rings. The molecule has 3 heteroatoms. The summed E-state index contributed by atoms with van der Waals surface area (Å²) in [5, 5.41) is 9.20. The van der Waals surface area contributed by atoms with Crippen LogP contribution in [0.2, 0.25) is 0 Å². The van der Waals surface area contributed by atoms with E-state index in [1.165, 1.54) is 29.5 Å². The molecule has 0 radical (unpaired) electrons. The Balaban J connectivity index is 2.21. The van der Waals surface area contributed by atoms with Gasteiger partial charge in [-0.25, -0.2) is 0 Å². The zero-order valence-electron chi connectivity index (χ0n) is 12.7. The lowest BCUT2D eigenvalue weighted by atomic mass is 9.99. The number of hydrogen-bond acceptors (Lipinski definition) is 2. The highest BCUT2D eigenvalue weighted by Gasteiger charge is 2.28. The van der Waals surface area contributed by atoms with Gasteiger partial charge in [0.2, 0.25) is 0 Å². The van der Waals surface area contributed by atoms with E-state index >= 15 is 0 Å². The van der Waals surface area contributed by atoms with Crippen LogP contribution in [0.15, 0.2) is 18.2 Å². The fraction of sp³-hybridized carbons (Fsp3) is 0.588. The number of rotatable bonds is 5. The van der Waals surface area contributed by atoms with E-state index in [0.29, 0.717) is 6.04 Å². The molecule has 0 amide bonds. The monoisotopic (exact) mass is 275 g/mol. The second-order valence-electron chi connectivity index (χ2n) is 6.02. The highest BCUT2D eigenvalue weighted by atomic mass is 16.4. The summed E-state index contributed by atoms with van der Waals surface area (Å²) in [5.41, 5.74) is 3.78. The Hall–Kier alpha value is -1.35. The molecule has 2 rings (SSSR count). The smallest absolute Gasteiger partial charge is 0.317 e. The summed E-state index contributed by atoms with van der Waals surface area (Å²) in [7, 11) is 0. The van der Waals surface area contributed by atoms with E-state index in [1.54, 1.807) is 0 Å². The molecular formula is C17H25NO2. The van der Waals surface area contributed by atoms with Crippen LogP contribution in [0, 0.1) is 13.8 Å². The van der Waals surface area contributed by atoms with E-state index in [4.69, 9.17) is 0 Å². The molecule has 0 saturated heterocycles. The van der Waals surface area contributed by atoms with Gasteiger partial charge in [0.25, 0.3) is 0 Å². The Morgan fingerprint density at radius 2 is 1.95 bits per heavy atom. The maximum absolute atomic E-state index is 11.2. The van der Waals surface area contributed by atoms with Crippen molar-refractivity contribution in [2.75, 3.05) is 6.54 Å². The maximum atomic E-state index is 11.2. The Bertz CT molecular complexity index is 478. The van der Waals surface area contributed by atoms with E-state index in [-0.39, 0.29) is 12.6 Å². The van der Waals surface area contributed by atoms with Gasteiger partial charge in [0, 0.05) is 12.1 Å². The highest BCUT2D eigenvalue weighted by molar-refractivity contribution is 5.69. The van der Waals surface area contributed by atoms with Crippen LogP contribution < -0.4 is 0 Å². The molecule has 3 nitrogen and oxygen atoms in total. The minimum Gasteiger partial charge on any atom is -0.480 e. The second-order valence-corrected chi connectivity index (χ2v) is 6.02. The van der Waals surface area contributed by atoms with Gasteiger partial charge in [0.05, 0.1) is 6.54 Å². The molecule has 0 aliphatic heterocycles. The van der Waals surface area contributed by atoms with Gasteiger partial charge in [-0.05, 0) is 50.3 Å². The molecule has 0 heterocycles. The first kappa shape index (κ1) is 15.0. The maximum Gasteiger partial charge on any atom is 0.317 e. The van der Waals surface area contributed by atoms with Gasteiger partial charge >= 0.3 is 5.97 Å². The first-order valence-corrected chi connectivity index (χ1v) is 7.53. The van der Waals surface area contributed by atoms with Gasteiger partial charge < -0.3 is 5.11 Å².